The molecule has 0 N–H and O–H groups in total. The van der Waals surface area contributed by atoms with Gasteiger partial charge in [-0.2, -0.15) is 0 Å². The van der Waals surface area contributed by atoms with E-state index in [1.165, 1.54) is 0 Å². The van der Waals surface area contributed by atoms with Crippen LogP contribution in [0.25, 0.3) is 99.9 Å². The second-order valence-corrected chi connectivity index (χ2v) is 11.9. The molecule has 0 aliphatic rings. The largest absolute Gasteiger partial charge is 0.455 e. The Labute approximate surface area is 274 Å². The van der Waals surface area contributed by atoms with Gasteiger partial charge in [-0.05, 0) is 46.2 Å². The minimum absolute atomic E-state index is 0.528. The van der Waals surface area contributed by atoms with Crippen molar-refractivity contribution < 1.29 is 8.83 Å². The minimum atomic E-state index is 0.528. The molecule has 10 aromatic rings. The van der Waals surface area contributed by atoms with E-state index in [1.54, 1.807) is 0 Å². The van der Waals surface area contributed by atoms with Crippen LogP contribution in [0.15, 0.2) is 160 Å². The molecule has 3 heterocycles. The summed E-state index contributed by atoms with van der Waals surface area (Å²) >= 11 is 0. The Hall–Kier alpha value is -6.59. The molecule has 5 heteroatoms. The molecule has 0 radical (unpaired) electrons. The van der Waals surface area contributed by atoms with Crippen LogP contribution in [-0.4, -0.2) is 15.0 Å². The number of furan rings is 2. The standard InChI is InChI=1S/C43H25N3O2/c1-2-12-26(13-3-1)29-25-24-27-14-4-5-15-28(27)38(29)43-45-41(34-20-10-18-32-30-16-6-8-22-36(30)47-39(32)34)44-42(46-43)35-21-11-19-33-31-17-7-9-23-37(31)48-40(33)35/h1-25H. The van der Waals surface area contributed by atoms with Crippen molar-refractivity contribution in [2.45, 2.75) is 0 Å². The number of nitrogens with zero attached hydrogens (tertiary/aromatic N) is 3. The number of fused-ring (bicyclic) bond motifs is 7. The Morgan fingerprint density at radius 3 is 1.46 bits per heavy atom. The third kappa shape index (κ3) is 4.08. The van der Waals surface area contributed by atoms with Gasteiger partial charge in [-0.15, -0.1) is 0 Å². The zero-order valence-electron chi connectivity index (χ0n) is 25.6. The van der Waals surface area contributed by atoms with Crippen molar-refractivity contribution in [3.05, 3.63) is 152 Å². The lowest BCUT2D eigenvalue weighted by atomic mass is 9.93. The fourth-order valence-electron chi connectivity index (χ4n) is 6.95. The van der Waals surface area contributed by atoms with Crippen LogP contribution in [0, 0.1) is 0 Å². The molecular formula is C43H25N3O2. The lowest BCUT2D eigenvalue weighted by molar-refractivity contribution is 0.669. The number of para-hydroxylation sites is 4. The van der Waals surface area contributed by atoms with Gasteiger partial charge in [0.2, 0.25) is 0 Å². The Bertz CT molecular complexity index is 2720. The van der Waals surface area contributed by atoms with Crippen molar-refractivity contribution in [1.82, 2.24) is 15.0 Å². The first-order valence-electron chi connectivity index (χ1n) is 15.9. The molecule has 0 atom stereocenters. The SMILES string of the molecule is c1ccc(-c2ccc3ccccc3c2-c2nc(-c3cccc4c3oc3ccccc34)nc(-c3cccc4c3oc3ccccc34)n2)cc1. The Morgan fingerprint density at radius 1 is 0.333 bits per heavy atom. The molecule has 0 saturated heterocycles. The molecule has 0 aliphatic heterocycles. The van der Waals surface area contributed by atoms with Crippen LogP contribution in [0.4, 0.5) is 0 Å². The van der Waals surface area contributed by atoms with Crippen molar-refractivity contribution in [2.75, 3.05) is 0 Å². The van der Waals surface area contributed by atoms with Crippen LogP contribution in [0.2, 0.25) is 0 Å². The van der Waals surface area contributed by atoms with Crippen LogP contribution in [0.3, 0.4) is 0 Å². The van der Waals surface area contributed by atoms with Crippen LogP contribution < -0.4 is 0 Å². The molecule has 0 fully saturated rings. The van der Waals surface area contributed by atoms with E-state index in [0.29, 0.717) is 17.5 Å². The highest BCUT2D eigenvalue weighted by molar-refractivity contribution is 6.11. The summed E-state index contributed by atoms with van der Waals surface area (Å²) in [5.41, 5.74) is 7.79. The average molecular weight is 616 g/mol. The quantitative estimate of drug-likeness (QED) is 0.197. The van der Waals surface area contributed by atoms with Crippen LogP contribution in [0.5, 0.6) is 0 Å². The van der Waals surface area contributed by atoms with Crippen molar-refractivity contribution in [1.29, 1.82) is 0 Å². The molecule has 0 bridgehead atoms. The summed E-state index contributed by atoms with van der Waals surface area (Å²) in [6.45, 7) is 0. The molecule has 0 spiro atoms. The zero-order valence-corrected chi connectivity index (χ0v) is 25.6. The topological polar surface area (TPSA) is 65.0 Å². The van der Waals surface area contributed by atoms with Crippen molar-refractivity contribution in [3.8, 4) is 45.3 Å². The fourth-order valence-corrected chi connectivity index (χ4v) is 6.95. The van der Waals surface area contributed by atoms with E-state index in [2.05, 4.69) is 84.9 Å². The molecule has 0 aliphatic carbocycles. The second kappa shape index (κ2) is 10.5. The number of rotatable bonds is 4. The second-order valence-electron chi connectivity index (χ2n) is 11.9. The highest BCUT2D eigenvalue weighted by Crippen LogP contribution is 2.41. The van der Waals surface area contributed by atoms with Gasteiger partial charge in [0, 0.05) is 27.1 Å². The highest BCUT2D eigenvalue weighted by Gasteiger charge is 2.22. The minimum Gasteiger partial charge on any atom is -0.455 e. The number of benzene rings is 7. The molecular weight excluding hydrogens is 590 g/mol. The summed E-state index contributed by atoms with van der Waals surface area (Å²) in [5.74, 6) is 1.63. The Morgan fingerprint density at radius 2 is 0.833 bits per heavy atom. The Balaban J connectivity index is 1.32. The first-order valence-corrected chi connectivity index (χ1v) is 15.9. The van der Waals surface area contributed by atoms with Gasteiger partial charge in [0.25, 0.3) is 0 Å². The van der Waals surface area contributed by atoms with Gasteiger partial charge in [-0.1, -0.05) is 127 Å². The normalized spacial score (nSPS) is 11.8. The molecule has 48 heavy (non-hydrogen) atoms. The third-order valence-electron chi connectivity index (χ3n) is 9.16. The van der Waals surface area contributed by atoms with Gasteiger partial charge in [0.1, 0.15) is 22.3 Å². The van der Waals surface area contributed by atoms with E-state index >= 15 is 0 Å². The van der Waals surface area contributed by atoms with Gasteiger partial charge < -0.3 is 8.83 Å². The van der Waals surface area contributed by atoms with Gasteiger partial charge in [-0.25, -0.2) is 15.0 Å². The molecule has 3 aromatic heterocycles. The molecule has 7 aromatic carbocycles. The molecule has 0 amide bonds. The molecule has 0 saturated carbocycles. The smallest absolute Gasteiger partial charge is 0.167 e. The molecule has 5 nitrogen and oxygen atoms in total. The van der Waals surface area contributed by atoms with Crippen molar-refractivity contribution in [2.24, 2.45) is 0 Å². The molecule has 10 rings (SSSR count). The Kier molecular flexibility index (Phi) is 5.81. The maximum atomic E-state index is 6.48. The number of aromatic nitrogens is 3. The predicted molar refractivity (Wildman–Crippen MR) is 194 cm³/mol. The highest BCUT2D eigenvalue weighted by atomic mass is 16.3. The van der Waals surface area contributed by atoms with Crippen LogP contribution in [0.1, 0.15) is 0 Å². The number of hydrogen-bond acceptors (Lipinski definition) is 5. The van der Waals surface area contributed by atoms with Crippen LogP contribution >= 0.6 is 0 Å². The van der Waals surface area contributed by atoms with Crippen molar-refractivity contribution in [3.63, 3.8) is 0 Å². The zero-order chi connectivity index (χ0) is 31.6. The summed E-state index contributed by atoms with van der Waals surface area (Å²) in [5, 5.41) is 6.30. The van der Waals surface area contributed by atoms with Gasteiger partial charge >= 0.3 is 0 Å². The third-order valence-corrected chi connectivity index (χ3v) is 9.16. The van der Waals surface area contributed by atoms with E-state index in [1.807, 2.05) is 66.7 Å². The first kappa shape index (κ1) is 26.6. The molecule has 0 unspecified atom stereocenters. The monoisotopic (exact) mass is 615 g/mol. The van der Waals surface area contributed by atoms with E-state index in [-0.39, 0.29) is 0 Å². The van der Waals surface area contributed by atoms with E-state index < -0.39 is 0 Å². The maximum Gasteiger partial charge on any atom is 0.167 e. The number of hydrogen-bond donors (Lipinski definition) is 0. The van der Waals surface area contributed by atoms with E-state index in [9.17, 15) is 0 Å². The predicted octanol–water partition coefficient (Wildman–Crippen LogP) is 11.5. The summed E-state index contributed by atoms with van der Waals surface area (Å²) in [4.78, 5) is 15.7. The van der Waals surface area contributed by atoms with Crippen LogP contribution in [-0.2, 0) is 0 Å². The lowest BCUT2D eigenvalue weighted by Crippen LogP contribution is -2.02. The summed E-state index contributed by atoms with van der Waals surface area (Å²) in [7, 11) is 0. The van der Waals surface area contributed by atoms with Gasteiger partial charge in [0.05, 0.1) is 11.1 Å². The van der Waals surface area contributed by atoms with E-state index in [0.717, 1.165) is 82.5 Å². The maximum absolute atomic E-state index is 6.48. The fraction of sp³-hybridized carbons (Fsp3) is 0. The summed E-state index contributed by atoms with van der Waals surface area (Å²) in [6, 6.07) is 51.6. The molecule has 224 valence electrons. The summed E-state index contributed by atoms with van der Waals surface area (Å²) in [6.07, 6.45) is 0. The van der Waals surface area contributed by atoms with Crippen molar-refractivity contribution >= 4 is 54.6 Å². The summed E-state index contributed by atoms with van der Waals surface area (Å²) < 4.78 is 13.0. The van der Waals surface area contributed by atoms with Gasteiger partial charge in [-0.3, -0.25) is 0 Å². The van der Waals surface area contributed by atoms with Gasteiger partial charge in [0.15, 0.2) is 17.5 Å². The average Bonchev–Trinajstić information content (AvgIpc) is 3.73. The first-order chi connectivity index (χ1) is 23.8. The van der Waals surface area contributed by atoms with E-state index in [4.69, 9.17) is 23.8 Å². The lowest BCUT2D eigenvalue weighted by Gasteiger charge is -2.15.